The van der Waals surface area contributed by atoms with Crippen molar-refractivity contribution in [3.05, 3.63) is 10.6 Å². The summed E-state index contributed by atoms with van der Waals surface area (Å²) in [5.74, 6) is 0. The number of hydrogen-bond acceptors (Lipinski definition) is 5. The van der Waals surface area contributed by atoms with Crippen LogP contribution in [-0.2, 0) is 17.6 Å². The van der Waals surface area contributed by atoms with Crippen molar-refractivity contribution in [3.63, 3.8) is 0 Å². The molecule has 1 saturated heterocycles. The van der Waals surface area contributed by atoms with Crippen molar-refractivity contribution in [3.8, 4) is 0 Å². The summed E-state index contributed by atoms with van der Waals surface area (Å²) in [6, 6.07) is 0.129. The van der Waals surface area contributed by atoms with Crippen molar-refractivity contribution in [2.45, 2.75) is 64.5 Å². The lowest BCUT2D eigenvalue weighted by atomic mass is 10.0. The SMILES string of the molecule is CC(C)OCCN1CCC(NC(=O)Nc2nc3c(s2)CCCC3)CC1. The van der Waals surface area contributed by atoms with Crippen LogP contribution < -0.4 is 10.6 Å². The second kappa shape index (κ2) is 8.96. The van der Waals surface area contributed by atoms with E-state index in [0.717, 1.165) is 57.1 Å². The third kappa shape index (κ3) is 5.66. The molecule has 0 radical (unpaired) electrons. The molecule has 0 unspecified atom stereocenters. The van der Waals surface area contributed by atoms with E-state index >= 15 is 0 Å². The quantitative estimate of drug-likeness (QED) is 0.812. The van der Waals surface area contributed by atoms with E-state index in [1.165, 1.54) is 23.4 Å². The standard InChI is InChI=1S/C18H30N4O2S/c1-13(2)24-12-11-22-9-7-14(8-10-22)19-17(23)21-18-20-15-5-3-4-6-16(15)25-18/h13-14H,3-12H2,1-2H3,(H2,19,20,21,23). The molecule has 2 N–H and O–H groups in total. The lowest BCUT2D eigenvalue weighted by molar-refractivity contribution is 0.0530. The number of piperidine rings is 1. The summed E-state index contributed by atoms with van der Waals surface area (Å²) >= 11 is 1.63. The van der Waals surface area contributed by atoms with Gasteiger partial charge in [0.1, 0.15) is 0 Å². The summed E-state index contributed by atoms with van der Waals surface area (Å²) in [6.07, 6.45) is 6.88. The van der Waals surface area contributed by atoms with Crippen molar-refractivity contribution >= 4 is 22.5 Å². The van der Waals surface area contributed by atoms with Gasteiger partial charge in [0.15, 0.2) is 5.13 Å². The Kier molecular flexibility index (Phi) is 6.67. The summed E-state index contributed by atoms with van der Waals surface area (Å²) in [5, 5.41) is 6.77. The van der Waals surface area contributed by atoms with E-state index in [2.05, 4.69) is 34.4 Å². The maximum Gasteiger partial charge on any atom is 0.321 e. The number of aromatic nitrogens is 1. The average molecular weight is 367 g/mol. The first-order valence-corrected chi connectivity index (χ1v) is 10.3. The third-order valence-corrected chi connectivity index (χ3v) is 5.92. The predicted octanol–water partition coefficient (Wildman–Crippen LogP) is 3.03. The van der Waals surface area contributed by atoms with Crippen LogP contribution in [0.2, 0.25) is 0 Å². The van der Waals surface area contributed by atoms with Gasteiger partial charge in [0.2, 0.25) is 0 Å². The van der Waals surface area contributed by atoms with Gasteiger partial charge in [0.25, 0.3) is 0 Å². The molecule has 1 aliphatic carbocycles. The lowest BCUT2D eigenvalue weighted by Crippen LogP contribution is -2.46. The third-order valence-electron chi connectivity index (χ3n) is 4.85. The summed E-state index contributed by atoms with van der Waals surface area (Å²) < 4.78 is 5.61. The zero-order valence-electron chi connectivity index (χ0n) is 15.3. The number of hydrogen-bond donors (Lipinski definition) is 2. The number of likely N-dealkylation sites (tertiary alicyclic amines) is 1. The number of anilines is 1. The predicted molar refractivity (Wildman–Crippen MR) is 101 cm³/mol. The minimum atomic E-state index is -0.118. The van der Waals surface area contributed by atoms with Crippen LogP contribution in [0.4, 0.5) is 9.93 Å². The molecule has 7 heteroatoms. The molecular formula is C18H30N4O2S. The highest BCUT2D eigenvalue weighted by molar-refractivity contribution is 7.15. The van der Waals surface area contributed by atoms with E-state index in [1.807, 2.05) is 0 Å². The summed E-state index contributed by atoms with van der Waals surface area (Å²) in [6.45, 7) is 7.91. The molecule has 1 fully saturated rings. The number of rotatable bonds is 6. The number of amides is 2. The molecule has 2 amide bonds. The van der Waals surface area contributed by atoms with Crippen LogP contribution in [0, 0.1) is 0 Å². The fraction of sp³-hybridized carbons (Fsp3) is 0.778. The number of nitrogens with one attached hydrogen (secondary N) is 2. The van der Waals surface area contributed by atoms with E-state index in [1.54, 1.807) is 11.3 Å². The first-order chi connectivity index (χ1) is 12.1. The fourth-order valence-corrected chi connectivity index (χ4v) is 4.49. The van der Waals surface area contributed by atoms with Gasteiger partial charge >= 0.3 is 6.03 Å². The summed E-state index contributed by atoms with van der Waals surface area (Å²) in [7, 11) is 0. The van der Waals surface area contributed by atoms with Gasteiger partial charge in [-0.15, -0.1) is 11.3 Å². The highest BCUT2D eigenvalue weighted by atomic mass is 32.1. The molecule has 1 aromatic heterocycles. The van der Waals surface area contributed by atoms with Gasteiger partial charge in [0.05, 0.1) is 18.4 Å². The first-order valence-electron chi connectivity index (χ1n) is 9.50. The molecule has 1 aromatic rings. The Hall–Kier alpha value is -1.18. The number of thiazole rings is 1. The molecule has 6 nitrogen and oxygen atoms in total. The Morgan fingerprint density at radius 3 is 2.80 bits per heavy atom. The van der Waals surface area contributed by atoms with Gasteiger partial charge in [-0.1, -0.05) is 0 Å². The number of urea groups is 1. The number of aryl methyl sites for hydroxylation is 2. The number of ether oxygens (including phenoxy) is 1. The Labute approximate surface area is 154 Å². The van der Waals surface area contributed by atoms with Crippen LogP contribution in [0.15, 0.2) is 0 Å². The van der Waals surface area contributed by atoms with Crippen LogP contribution in [0.25, 0.3) is 0 Å². The second-order valence-electron chi connectivity index (χ2n) is 7.23. The topological polar surface area (TPSA) is 66.5 Å². The molecular weight excluding hydrogens is 336 g/mol. The smallest absolute Gasteiger partial charge is 0.321 e. The van der Waals surface area contributed by atoms with Gasteiger partial charge < -0.3 is 15.0 Å². The van der Waals surface area contributed by atoms with Crippen LogP contribution >= 0.6 is 11.3 Å². The zero-order valence-corrected chi connectivity index (χ0v) is 16.2. The molecule has 25 heavy (non-hydrogen) atoms. The van der Waals surface area contributed by atoms with Gasteiger partial charge in [-0.3, -0.25) is 5.32 Å². The van der Waals surface area contributed by atoms with E-state index < -0.39 is 0 Å². The van der Waals surface area contributed by atoms with Crippen molar-refractivity contribution < 1.29 is 9.53 Å². The van der Waals surface area contributed by atoms with E-state index in [9.17, 15) is 4.79 Å². The molecule has 2 aliphatic rings. The molecule has 0 saturated carbocycles. The maximum absolute atomic E-state index is 12.2. The number of carbonyl (C=O) groups excluding carboxylic acids is 1. The molecule has 140 valence electrons. The van der Waals surface area contributed by atoms with Crippen molar-refractivity contribution in [2.24, 2.45) is 0 Å². The number of nitrogens with zero attached hydrogens (tertiary/aromatic N) is 2. The van der Waals surface area contributed by atoms with Gasteiger partial charge in [0, 0.05) is 30.6 Å². The Balaban J connectivity index is 1.37. The molecule has 0 spiro atoms. The first kappa shape index (κ1) is 18.6. The van der Waals surface area contributed by atoms with E-state index in [-0.39, 0.29) is 12.1 Å². The minimum absolute atomic E-state index is 0.118. The molecule has 0 aromatic carbocycles. The van der Waals surface area contributed by atoms with Gasteiger partial charge in [-0.2, -0.15) is 0 Å². The molecule has 3 rings (SSSR count). The largest absolute Gasteiger partial charge is 0.377 e. The lowest BCUT2D eigenvalue weighted by Gasteiger charge is -2.32. The van der Waals surface area contributed by atoms with Crippen LogP contribution in [0.3, 0.4) is 0 Å². The normalized spacial score (nSPS) is 19.0. The monoisotopic (exact) mass is 366 g/mol. The van der Waals surface area contributed by atoms with Gasteiger partial charge in [-0.25, -0.2) is 9.78 Å². The van der Waals surface area contributed by atoms with Crippen molar-refractivity contribution in [1.82, 2.24) is 15.2 Å². The van der Waals surface area contributed by atoms with Crippen LogP contribution in [0.1, 0.15) is 50.1 Å². The Morgan fingerprint density at radius 1 is 1.32 bits per heavy atom. The molecule has 0 bridgehead atoms. The summed E-state index contributed by atoms with van der Waals surface area (Å²) in [5.41, 5.74) is 1.18. The molecule has 0 atom stereocenters. The Morgan fingerprint density at radius 2 is 2.08 bits per heavy atom. The Bertz CT molecular complexity index is 544. The minimum Gasteiger partial charge on any atom is -0.377 e. The highest BCUT2D eigenvalue weighted by Gasteiger charge is 2.21. The van der Waals surface area contributed by atoms with Crippen LogP contribution in [0.5, 0.6) is 0 Å². The van der Waals surface area contributed by atoms with Crippen molar-refractivity contribution in [2.75, 3.05) is 31.6 Å². The van der Waals surface area contributed by atoms with E-state index in [0.29, 0.717) is 6.10 Å². The summed E-state index contributed by atoms with van der Waals surface area (Å²) in [4.78, 5) is 20.6. The highest BCUT2D eigenvalue weighted by Crippen LogP contribution is 2.29. The number of carbonyl (C=O) groups is 1. The number of fused-ring (bicyclic) bond motifs is 1. The average Bonchev–Trinajstić information content (AvgIpc) is 2.98. The fourth-order valence-electron chi connectivity index (χ4n) is 3.44. The maximum atomic E-state index is 12.2. The van der Waals surface area contributed by atoms with E-state index in [4.69, 9.17) is 4.74 Å². The molecule has 1 aliphatic heterocycles. The van der Waals surface area contributed by atoms with Crippen molar-refractivity contribution in [1.29, 1.82) is 0 Å². The second-order valence-corrected chi connectivity index (χ2v) is 8.31. The van der Waals surface area contributed by atoms with Crippen LogP contribution in [-0.4, -0.2) is 54.3 Å². The van der Waals surface area contributed by atoms with Gasteiger partial charge in [-0.05, 0) is 52.4 Å². The zero-order chi connectivity index (χ0) is 17.6. The molecule has 2 heterocycles.